The zero-order valence-corrected chi connectivity index (χ0v) is 10.8. The number of rotatable bonds is 5. The van der Waals surface area contributed by atoms with Gasteiger partial charge in [-0.25, -0.2) is 9.97 Å². The number of alkyl halides is 3. The van der Waals surface area contributed by atoms with Crippen LogP contribution >= 0.6 is 0 Å². The van der Waals surface area contributed by atoms with Gasteiger partial charge < -0.3 is 5.32 Å². The van der Waals surface area contributed by atoms with E-state index in [9.17, 15) is 13.2 Å². The fourth-order valence-electron chi connectivity index (χ4n) is 1.46. The van der Waals surface area contributed by atoms with Crippen LogP contribution in [0, 0.1) is 6.92 Å². The van der Waals surface area contributed by atoms with Crippen LogP contribution in [0.1, 0.15) is 37.5 Å². The van der Waals surface area contributed by atoms with Crippen LogP contribution in [-0.2, 0) is 13.0 Å². The van der Waals surface area contributed by atoms with Crippen LogP contribution in [0.4, 0.5) is 13.2 Å². The zero-order chi connectivity index (χ0) is 13.8. The second-order valence-electron chi connectivity index (χ2n) is 4.57. The van der Waals surface area contributed by atoms with Crippen LogP contribution in [-0.4, -0.2) is 22.2 Å². The molecule has 0 aliphatic rings. The van der Waals surface area contributed by atoms with Crippen molar-refractivity contribution in [1.29, 1.82) is 0 Å². The number of nitrogens with zero attached hydrogens (tertiary/aromatic N) is 2. The van der Waals surface area contributed by atoms with Crippen molar-refractivity contribution >= 4 is 0 Å². The summed E-state index contributed by atoms with van der Waals surface area (Å²) in [6.07, 6.45) is -5.21. The topological polar surface area (TPSA) is 37.8 Å². The molecule has 1 N–H and O–H groups in total. The van der Waals surface area contributed by atoms with Gasteiger partial charge in [-0.3, -0.25) is 0 Å². The highest BCUT2D eigenvalue weighted by Gasteiger charge is 2.27. The van der Waals surface area contributed by atoms with Gasteiger partial charge in [-0.05, 0) is 13.0 Å². The Hall–Kier alpha value is -1.17. The molecule has 1 rings (SSSR count). The van der Waals surface area contributed by atoms with E-state index in [0.717, 1.165) is 5.69 Å². The van der Waals surface area contributed by atoms with Gasteiger partial charge in [0.2, 0.25) is 0 Å². The molecule has 0 saturated carbocycles. The Kier molecular flexibility index (Phi) is 5.07. The molecular formula is C12H18F3N3. The molecule has 3 nitrogen and oxygen atoms in total. The first-order valence-corrected chi connectivity index (χ1v) is 5.90. The third kappa shape index (κ3) is 5.95. The minimum atomic E-state index is -4.16. The van der Waals surface area contributed by atoms with Crippen LogP contribution in [0.15, 0.2) is 6.07 Å². The van der Waals surface area contributed by atoms with Crippen molar-refractivity contribution in [3.8, 4) is 0 Å². The summed E-state index contributed by atoms with van der Waals surface area (Å²) >= 11 is 0. The van der Waals surface area contributed by atoms with E-state index in [1.165, 1.54) is 0 Å². The van der Waals surface area contributed by atoms with Crippen molar-refractivity contribution in [1.82, 2.24) is 15.3 Å². The van der Waals surface area contributed by atoms with Crippen LogP contribution < -0.4 is 5.32 Å². The first-order valence-electron chi connectivity index (χ1n) is 5.90. The molecule has 0 amide bonds. The second-order valence-corrected chi connectivity index (χ2v) is 4.57. The molecule has 0 atom stereocenters. The number of hydrogen-bond donors (Lipinski definition) is 1. The quantitative estimate of drug-likeness (QED) is 0.885. The minimum Gasteiger partial charge on any atom is -0.309 e. The first-order chi connectivity index (χ1) is 8.26. The molecule has 0 aliphatic carbocycles. The lowest BCUT2D eigenvalue weighted by Crippen LogP contribution is -2.23. The van der Waals surface area contributed by atoms with E-state index < -0.39 is 12.6 Å². The summed E-state index contributed by atoms with van der Waals surface area (Å²) in [7, 11) is 0. The Balaban J connectivity index is 2.68. The molecule has 0 fully saturated rings. The lowest BCUT2D eigenvalue weighted by molar-refractivity contribution is -0.134. The molecule has 0 spiro atoms. The molecule has 1 aromatic rings. The summed E-state index contributed by atoms with van der Waals surface area (Å²) in [5.74, 6) is 0.257. The summed E-state index contributed by atoms with van der Waals surface area (Å²) in [6, 6.07) is 2.09. The highest BCUT2D eigenvalue weighted by atomic mass is 19.4. The molecule has 1 aromatic heterocycles. The second kappa shape index (κ2) is 6.13. The summed E-state index contributed by atoms with van der Waals surface area (Å²) < 4.78 is 36.4. The highest BCUT2D eigenvalue weighted by Crippen LogP contribution is 2.21. The smallest absolute Gasteiger partial charge is 0.309 e. The average Bonchev–Trinajstić information content (AvgIpc) is 2.22. The van der Waals surface area contributed by atoms with Gasteiger partial charge in [-0.1, -0.05) is 13.8 Å². The van der Waals surface area contributed by atoms with E-state index in [-0.39, 0.29) is 12.2 Å². The molecule has 6 heteroatoms. The van der Waals surface area contributed by atoms with Gasteiger partial charge in [-0.2, -0.15) is 13.2 Å². The highest BCUT2D eigenvalue weighted by molar-refractivity contribution is 5.10. The van der Waals surface area contributed by atoms with Gasteiger partial charge in [0.15, 0.2) is 0 Å². The van der Waals surface area contributed by atoms with E-state index in [0.29, 0.717) is 18.3 Å². The molecule has 0 radical (unpaired) electrons. The van der Waals surface area contributed by atoms with E-state index in [1.54, 1.807) is 13.0 Å². The SMILES string of the molecule is Cc1cc(CNC(C)C)nc(CCC(F)(F)F)n1. The Labute approximate surface area is 105 Å². The van der Waals surface area contributed by atoms with Gasteiger partial charge in [0.05, 0.1) is 12.1 Å². The molecule has 1 heterocycles. The van der Waals surface area contributed by atoms with Gasteiger partial charge in [0.1, 0.15) is 5.82 Å². The Morgan fingerprint density at radius 3 is 2.50 bits per heavy atom. The summed E-state index contributed by atoms with van der Waals surface area (Å²) in [6.45, 7) is 6.30. The number of aryl methyl sites for hydroxylation is 2. The largest absolute Gasteiger partial charge is 0.389 e. The predicted molar refractivity (Wildman–Crippen MR) is 63.1 cm³/mol. The number of nitrogens with one attached hydrogen (secondary N) is 1. The first kappa shape index (κ1) is 14.9. The molecular weight excluding hydrogens is 243 g/mol. The summed E-state index contributed by atoms with van der Waals surface area (Å²) in [4.78, 5) is 8.16. The van der Waals surface area contributed by atoms with Crippen LogP contribution in [0.2, 0.25) is 0 Å². The van der Waals surface area contributed by atoms with E-state index in [2.05, 4.69) is 15.3 Å². The van der Waals surface area contributed by atoms with Crippen molar-refractivity contribution in [2.45, 2.75) is 52.4 Å². The molecule has 0 aliphatic heterocycles. The van der Waals surface area contributed by atoms with Crippen molar-refractivity contribution < 1.29 is 13.2 Å². The van der Waals surface area contributed by atoms with Gasteiger partial charge >= 0.3 is 6.18 Å². The summed E-state index contributed by atoms with van der Waals surface area (Å²) in [5.41, 5.74) is 1.43. The van der Waals surface area contributed by atoms with Crippen molar-refractivity contribution in [2.75, 3.05) is 0 Å². The average molecular weight is 261 g/mol. The van der Waals surface area contributed by atoms with E-state index in [1.807, 2.05) is 13.8 Å². The summed E-state index contributed by atoms with van der Waals surface area (Å²) in [5, 5.41) is 3.18. The number of halogens is 3. The zero-order valence-electron chi connectivity index (χ0n) is 10.8. The maximum atomic E-state index is 12.1. The monoisotopic (exact) mass is 261 g/mol. The molecule has 0 saturated heterocycles. The van der Waals surface area contributed by atoms with Crippen molar-refractivity contribution in [3.63, 3.8) is 0 Å². The van der Waals surface area contributed by atoms with Crippen molar-refractivity contribution in [2.24, 2.45) is 0 Å². The lowest BCUT2D eigenvalue weighted by Gasteiger charge is -2.10. The maximum Gasteiger partial charge on any atom is 0.389 e. The van der Waals surface area contributed by atoms with Gasteiger partial charge in [-0.15, -0.1) is 0 Å². The van der Waals surface area contributed by atoms with Gasteiger partial charge in [0, 0.05) is 24.7 Å². The fraction of sp³-hybridized carbons (Fsp3) is 0.667. The third-order valence-electron chi connectivity index (χ3n) is 2.28. The van der Waals surface area contributed by atoms with Crippen LogP contribution in [0.3, 0.4) is 0 Å². The minimum absolute atomic E-state index is 0.167. The maximum absolute atomic E-state index is 12.1. The predicted octanol–water partition coefficient (Wildman–Crippen LogP) is 2.78. The molecule has 102 valence electrons. The van der Waals surface area contributed by atoms with Gasteiger partial charge in [0.25, 0.3) is 0 Å². The van der Waals surface area contributed by atoms with E-state index >= 15 is 0 Å². The molecule has 0 aromatic carbocycles. The Morgan fingerprint density at radius 1 is 1.28 bits per heavy atom. The number of aromatic nitrogens is 2. The fourth-order valence-corrected chi connectivity index (χ4v) is 1.46. The molecule has 0 unspecified atom stereocenters. The number of hydrogen-bond acceptors (Lipinski definition) is 3. The normalized spacial score (nSPS) is 12.2. The standard InChI is InChI=1S/C12H18F3N3/c1-8(2)16-7-10-6-9(3)17-11(18-10)4-5-12(13,14)15/h6,8,16H,4-5,7H2,1-3H3. The van der Waals surface area contributed by atoms with Crippen LogP contribution in [0.25, 0.3) is 0 Å². The van der Waals surface area contributed by atoms with E-state index in [4.69, 9.17) is 0 Å². The lowest BCUT2D eigenvalue weighted by atomic mass is 10.2. The molecule has 18 heavy (non-hydrogen) atoms. The Morgan fingerprint density at radius 2 is 1.94 bits per heavy atom. The molecule has 0 bridgehead atoms. The Bertz CT molecular complexity index is 389. The van der Waals surface area contributed by atoms with Crippen LogP contribution in [0.5, 0.6) is 0 Å². The van der Waals surface area contributed by atoms with Crippen molar-refractivity contribution in [3.05, 3.63) is 23.3 Å². The third-order valence-corrected chi connectivity index (χ3v) is 2.28.